The molecule has 4 heterocycles. The van der Waals surface area contributed by atoms with Crippen LogP contribution in [0.1, 0.15) is 12.6 Å². The number of Topliss-reactive ketones (excluding diaryl/α,β-unsaturated/α-hetero) is 1. The third-order valence-corrected chi connectivity index (χ3v) is 5.76. The molecule has 0 bridgehead atoms. The van der Waals surface area contributed by atoms with Gasteiger partial charge in [0.25, 0.3) is 0 Å². The molecule has 0 atom stereocenters. The van der Waals surface area contributed by atoms with Crippen molar-refractivity contribution in [3.63, 3.8) is 0 Å². The Bertz CT molecular complexity index is 1270. The molecule has 0 amide bonds. The Morgan fingerprint density at radius 1 is 1.09 bits per heavy atom. The van der Waals surface area contributed by atoms with Crippen LogP contribution in [0.25, 0.3) is 28.3 Å². The lowest BCUT2D eigenvalue weighted by Gasteiger charge is -2.26. The lowest BCUT2D eigenvalue weighted by Crippen LogP contribution is -2.38. The number of carbonyl (C=O) groups is 1. The SMILES string of the molecule is CC(=O)Cc1cn2nc(-c3c(-c4ccc(F)cc4)ncn3CCN3CCOCC3)ccc2n1. The lowest BCUT2D eigenvalue weighted by molar-refractivity contribution is -0.116. The second-order valence-corrected chi connectivity index (χ2v) is 8.23. The van der Waals surface area contributed by atoms with Crippen molar-refractivity contribution in [2.75, 3.05) is 32.8 Å². The maximum atomic E-state index is 13.5. The van der Waals surface area contributed by atoms with Crippen molar-refractivity contribution in [1.82, 2.24) is 29.0 Å². The average molecular weight is 449 g/mol. The Morgan fingerprint density at radius 3 is 2.64 bits per heavy atom. The Balaban J connectivity index is 1.53. The van der Waals surface area contributed by atoms with E-state index in [1.54, 1.807) is 29.8 Å². The van der Waals surface area contributed by atoms with E-state index in [0.717, 1.165) is 62.0 Å². The summed E-state index contributed by atoms with van der Waals surface area (Å²) in [5.41, 5.74) is 4.52. The van der Waals surface area contributed by atoms with E-state index in [1.165, 1.54) is 12.1 Å². The fourth-order valence-electron chi connectivity index (χ4n) is 4.11. The number of ketones is 1. The summed E-state index contributed by atoms with van der Waals surface area (Å²) in [6, 6.07) is 10.1. The molecule has 8 nitrogen and oxygen atoms in total. The van der Waals surface area contributed by atoms with Crippen molar-refractivity contribution >= 4 is 11.4 Å². The maximum absolute atomic E-state index is 13.5. The molecule has 0 aliphatic carbocycles. The number of fused-ring (bicyclic) bond motifs is 1. The van der Waals surface area contributed by atoms with Crippen LogP contribution in [0.5, 0.6) is 0 Å². The monoisotopic (exact) mass is 448 g/mol. The zero-order valence-electron chi connectivity index (χ0n) is 18.4. The Labute approximate surface area is 190 Å². The van der Waals surface area contributed by atoms with Gasteiger partial charge < -0.3 is 9.30 Å². The van der Waals surface area contributed by atoms with E-state index in [-0.39, 0.29) is 18.0 Å². The van der Waals surface area contributed by atoms with Crippen LogP contribution in [0.3, 0.4) is 0 Å². The van der Waals surface area contributed by atoms with Crippen LogP contribution < -0.4 is 0 Å². The summed E-state index contributed by atoms with van der Waals surface area (Å²) in [5, 5.41) is 4.78. The van der Waals surface area contributed by atoms with Gasteiger partial charge in [0.2, 0.25) is 0 Å². The summed E-state index contributed by atoms with van der Waals surface area (Å²) in [7, 11) is 0. The Hall–Kier alpha value is -3.43. The zero-order chi connectivity index (χ0) is 22.8. The number of nitrogens with zero attached hydrogens (tertiary/aromatic N) is 6. The standard InChI is InChI=1S/C24H25FN6O2/c1-17(32)14-20-15-31-22(27-20)7-6-21(28-31)24-23(18-2-4-19(25)5-3-18)26-16-30(24)9-8-29-10-12-33-13-11-29/h2-7,15-16H,8-14H2,1H3. The third-order valence-electron chi connectivity index (χ3n) is 5.76. The summed E-state index contributed by atoms with van der Waals surface area (Å²) in [4.78, 5) is 23.0. The van der Waals surface area contributed by atoms with Gasteiger partial charge in [-0.25, -0.2) is 18.9 Å². The van der Waals surface area contributed by atoms with Crippen molar-refractivity contribution < 1.29 is 13.9 Å². The Kier molecular flexibility index (Phi) is 5.97. The molecule has 0 N–H and O–H groups in total. The number of halogens is 1. The topological polar surface area (TPSA) is 77.6 Å². The largest absolute Gasteiger partial charge is 0.379 e. The molecule has 33 heavy (non-hydrogen) atoms. The van der Waals surface area contributed by atoms with Gasteiger partial charge in [-0.1, -0.05) is 0 Å². The van der Waals surface area contributed by atoms with E-state index in [2.05, 4.69) is 19.4 Å². The maximum Gasteiger partial charge on any atom is 0.153 e. The van der Waals surface area contributed by atoms with E-state index >= 15 is 0 Å². The minimum Gasteiger partial charge on any atom is -0.379 e. The minimum absolute atomic E-state index is 0.0541. The van der Waals surface area contributed by atoms with Crippen LogP contribution >= 0.6 is 0 Å². The van der Waals surface area contributed by atoms with Gasteiger partial charge in [-0.05, 0) is 43.3 Å². The first-order valence-corrected chi connectivity index (χ1v) is 11.0. The van der Waals surface area contributed by atoms with Gasteiger partial charge in [-0.2, -0.15) is 5.10 Å². The summed E-state index contributed by atoms with van der Waals surface area (Å²) in [6.45, 7) is 6.47. The number of aromatic nitrogens is 5. The smallest absolute Gasteiger partial charge is 0.153 e. The highest BCUT2D eigenvalue weighted by molar-refractivity contribution is 5.78. The first-order valence-electron chi connectivity index (χ1n) is 11.0. The molecule has 1 aromatic carbocycles. The highest BCUT2D eigenvalue weighted by atomic mass is 19.1. The lowest BCUT2D eigenvalue weighted by atomic mass is 10.1. The molecule has 170 valence electrons. The number of hydrogen-bond acceptors (Lipinski definition) is 6. The Morgan fingerprint density at radius 2 is 1.88 bits per heavy atom. The number of morpholine rings is 1. The first-order chi connectivity index (χ1) is 16.1. The molecule has 1 aliphatic heterocycles. The summed E-state index contributed by atoms with van der Waals surface area (Å²) in [5.74, 6) is -0.235. The summed E-state index contributed by atoms with van der Waals surface area (Å²) < 4.78 is 22.8. The number of rotatable bonds is 7. The third kappa shape index (κ3) is 4.69. The fraction of sp³-hybridized carbons (Fsp3) is 0.333. The van der Waals surface area contributed by atoms with E-state index in [4.69, 9.17) is 9.84 Å². The predicted octanol–water partition coefficient (Wildman–Crippen LogP) is 2.86. The average Bonchev–Trinajstić information content (AvgIpc) is 3.41. The molecule has 0 unspecified atom stereocenters. The number of ether oxygens (including phenoxy) is 1. The van der Waals surface area contributed by atoms with Gasteiger partial charge >= 0.3 is 0 Å². The van der Waals surface area contributed by atoms with Crippen LogP contribution in [0.2, 0.25) is 0 Å². The number of benzene rings is 1. The summed E-state index contributed by atoms with van der Waals surface area (Å²) in [6.07, 6.45) is 3.87. The molecule has 9 heteroatoms. The van der Waals surface area contributed by atoms with Gasteiger partial charge in [0.15, 0.2) is 5.65 Å². The van der Waals surface area contributed by atoms with E-state index in [0.29, 0.717) is 11.3 Å². The summed E-state index contributed by atoms with van der Waals surface area (Å²) >= 11 is 0. The highest BCUT2D eigenvalue weighted by Gasteiger charge is 2.19. The first kappa shape index (κ1) is 21.4. The van der Waals surface area contributed by atoms with Crippen molar-refractivity contribution in [3.05, 3.63) is 60.4 Å². The van der Waals surface area contributed by atoms with E-state index < -0.39 is 0 Å². The van der Waals surface area contributed by atoms with Crippen molar-refractivity contribution in [3.8, 4) is 22.6 Å². The number of hydrogen-bond donors (Lipinski definition) is 0. The molecule has 1 fully saturated rings. The van der Waals surface area contributed by atoms with Gasteiger partial charge in [0, 0.05) is 31.7 Å². The minimum atomic E-state index is -0.289. The molecule has 0 radical (unpaired) electrons. The van der Waals surface area contributed by atoms with Crippen LogP contribution in [0.4, 0.5) is 4.39 Å². The van der Waals surface area contributed by atoms with Crippen LogP contribution in [0, 0.1) is 5.82 Å². The molecule has 0 saturated carbocycles. The van der Waals surface area contributed by atoms with Gasteiger partial charge in [-0.15, -0.1) is 0 Å². The molecular weight excluding hydrogens is 423 g/mol. The molecule has 1 aliphatic rings. The van der Waals surface area contributed by atoms with Gasteiger partial charge in [0.05, 0.1) is 49.2 Å². The van der Waals surface area contributed by atoms with E-state index in [9.17, 15) is 9.18 Å². The molecule has 4 aromatic rings. The number of imidazole rings is 2. The second-order valence-electron chi connectivity index (χ2n) is 8.23. The molecule has 0 spiro atoms. The normalized spacial score (nSPS) is 14.7. The zero-order valence-corrected chi connectivity index (χ0v) is 18.4. The van der Waals surface area contributed by atoms with Crippen LogP contribution in [-0.4, -0.2) is 67.7 Å². The van der Waals surface area contributed by atoms with Gasteiger partial charge in [-0.3, -0.25) is 9.69 Å². The van der Waals surface area contributed by atoms with Crippen LogP contribution in [0.15, 0.2) is 48.9 Å². The number of carbonyl (C=O) groups excluding carboxylic acids is 1. The van der Waals surface area contributed by atoms with Crippen molar-refractivity contribution in [1.29, 1.82) is 0 Å². The molecule has 5 rings (SSSR count). The predicted molar refractivity (Wildman–Crippen MR) is 121 cm³/mol. The fourth-order valence-corrected chi connectivity index (χ4v) is 4.11. The van der Waals surface area contributed by atoms with Crippen molar-refractivity contribution in [2.24, 2.45) is 0 Å². The van der Waals surface area contributed by atoms with Crippen LogP contribution in [-0.2, 0) is 22.5 Å². The molecule has 1 saturated heterocycles. The van der Waals surface area contributed by atoms with E-state index in [1.807, 2.05) is 18.5 Å². The van der Waals surface area contributed by atoms with Crippen molar-refractivity contribution in [2.45, 2.75) is 19.9 Å². The second kappa shape index (κ2) is 9.21. The molecule has 3 aromatic heterocycles. The quantitative estimate of drug-likeness (QED) is 0.433. The molecular formula is C24H25FN6O2. The highest BCUT2D eigenvalue weighted by Crippen LogP contribution is 2.30. The van der Waals surface area contributed by atoms with Gasteiger partial charge in [0.1, 0.15) is 17.3 Å².